The summed E-state index contributed by atoms with van der Waals surface area (Å²) in [5.41, 5.74) is 27.2. The summed E-state index contributed by atoms with van der Waals surface area (Å²) in [5, 5.41) is 19.0. The Morgan fingerprint density at radius 2 is 0.388 bits per heavy atom. The summed E-state index contributed by atoms with van der Waals surface area (Å²) in [5.74, 6) is 2.97. The van der Waals surface area contributed by atoms with Crippen LogP contribution in [0.15, 0.2) is 482 Å². The highest BCUT2D eigenvalue weighted by molar-refractivity contribution is 6.29. The van der Waals surface area contributed by atoms with E-state index in [9.17, 15) is 0 Å². The van der Waals surface area contributed by atoms with E-state index >= 15 is 0 Å². The number of pyridine rings is 2. The number of para-hydroxylation sites is 2. The molecule has 20 aromatic carbocycles. The number of hydrogen-bond acceptors (Lipinski definition) is 8. The van der Waals surface area contributed by atoms with Crippen LogP contribution in [0.25, 0.3) is 266 Å². The van der Waals surface area contributed by atoms with Crippen LogP contribution in [0, 0.1) is 0 Å². The van der Waals surface area contributed by atoms with Crippen LogP contribution in [0.4, 0.5) is 0 Å². The highest BCUT2D eigenvalue weighted by Crippen LogP contribution is 2.52. The summed E-state index contributed by atoms with van der Waals surface area (Å²) >= 11 is 0. The Bertz CT molecular complexity index is 8940. The Morgan fingerprint density at radius 3 is 0.754 bits per heavy atom. The molecule has 624 valence electrons. The third-order valence-corrected chi connectivity index (χ3v) is 26.2. The van der Waals surface area contributed by atoms with Gasteiger partial charge in [0.25, 0.3) is 0 Å². The first-order valence-electron chi connectivity index (χ1n) is 45.3. The van der Waals surface area contributed by atoms with Gasteiger partial charge in [0.05, 0.1) is 33.8 Å². The van der Waals surface area contributed by atoms with Crippen molar-refractivity contribution in [3.63, 3.8) is 0 Å². The Kier molecular flexibility index (Phi) is 19.4. The minimum absolute atomic E-state index is 0.672. The fraction of sp³-hybridized carbons (Fsp3) is 0. The number of furan rings is 2. The minimum atomic E-state index is 0.672. The van der Waals surface area contributed by atoms with E-state index in [-0.39, 0.29) is 0 Å². The van der Waals surface area contributed by atoms with Gasteiger partial charge in [0.2, 0.25) is 0 Å². The minimum Gasteiger partial charge on any atom is -0.453 e. The predicted molar refractivity (Wildman–Crippen MR) is 555 cm³/mol. The summed E-state index contributed by atoms with van der Waals surface area (Å²) in [7, 11) is 0. The zero-order chi connectivity index (χ0) is 88.5. The zero-order valence-electron chi connectivity index (χ0n) is 72.5. The molecule has 26 rings (SSSR count). The predicted octanol–water partition coefficient (Wildman–Crippen LogP) is 33.8. The normalized spacial score (nSPS) is 11.6. The van der Waals surface area contributed by atoms with Crippen molar-refractivity contribution < 1.29 is 8.83 Å². The van der Waals surface area contributed by atoms with Crippen LogP contribution >= 0.6 is 0 Å². The molecule has 0 amide bonds. The molecule has 26 aromatic rings. The largest absolute Gasteiger partial charge is 0.453 e. The molecular formula is C126H78N6O2. The Morgan fingerprint density at radius 1 is 0.142 bits per heavy atom. The van der Waals surface area contributed by atoms with Crippen molar-refractivity contribution in [1.29, 1.82) is 0 Å². The average Bonchev–Trinajstić information content (AvgIpc) is 1.61. The van der Waals surface area contributed by atoms with Crippen LogP contribution < -0.4 is 0 Å². The Labute approximate surface area is 772 Å². The van der Waals surface area contributed by atoms with E-state index in [1.165, 1.54) is 64.6 Å². The highest BCUT2D eigenvalue weighted by Gasteiger charge is 2.29. The Hall–Kier alpha value is -18.0. The molecule has 0 N–H and O–H groups in total. The van der Waals surface area contributed by atoms with Crippen LogP contribution in [0.2, 0.25) is 0 Å². The summed E-state index contributed by atoms with van der Waals surface area (Å²) in [6.07, 6.45) is 0. The van der Waals surface area contributed by atoms with E-state index in [1.807, 2.05) is 72.8 Å². The van der Waals surface area contributed by atoms with E-state index < -0.39 is 0 Å². The van der Waals surface area contributed by atoms with Crippen molar-refractivity contribution >= 4 is 108 Å². The van der Waals surface area contributed by atoms with Crippen molar-refractivity contribution in [1.82, 2.24) is 29.9 Å². The Balaban J connectivity index is 0.000000143. The van der Waals surface area contributed by atoms with Gasteiger partial charge in [0.1, 0.15) is 22.9 Å². The molecule has 8 nitrogen and oxygen atoms in total. The molecule has 0 spiro atoms. The van der Waals surface area contributed by atoms with Crippen molar-refractivity contribution in [2.45, 2.75) is 0 Å². The second kappa shape index (κ2) is 33.3. The van der Waals surface area contributed by atoms with E-state index in [4.69, 9.17) is 38.7 Å². The molecule has 0 bridgehead atoms. The molecule has 0 radical (unpaired) electrons. The molecule has 0 fully saturated rings. The van der Waals surface area contributed by atoms with E-state index in [1.54, 1.807) is 0 Å². The lowest BCUT2D eigenvalue weighted by Crippen LogP contribution is -1.96. The number of benzene rings is 20. The van der Waals surface area contributed by atoms with Gasteiger partial charge in [-0.2, -0.15) is 0 Å². The molecular weight excluding hydrogens is 1630 g/mol. The maximum absolute atomic E-state index is 7.26. The fourth-order valence-corrected chi connectivity index (χ4v) is 19.7. The van der Waals surface area contributed by atoms with Crippen LogP contribution in [0.5, 0.6) is 0 Å². The zero-order valence-corrected chi connectivity index (χ0v) is 72.5. The lowest BCUT2D eigenvalue weighted by molar-refractivity contribution is 0.632. The molecule has 0 aliphatic carbocycles. The molecule has 134 heavy (non-hydrogen) atoms. The number of hydrogen-bond donors (Lipinski definition) is 0. The quantitative estimate of drug-likeness (QED) is 0.0992. The maximum Gasteiger partial charge on any atom is 0.162 e. The van der Waals surface area contributed by atoms with Gasteiger partial charge >= 0.3 is 0 Å². The third kappa shape index (κ3) is 14.0. The number of fused-ring (bicyclic) bond motifs is 18. The first-order valence-corrected chi connectivity index (χ1v) is 45.3. The van der Waals surface area contributed by atoms with Gasteiger partial charge in [-0.3, -0.25) is 0 Å². The van der Waals surface area contributed by atoms with Crippen LogP contribution in [-0.2, 0) is 0 Å². The first-order chi connectivity index (χ1) is 66.4. The van der Waals surface area contributed by atoms with Gasteiger partial charge in [-0.1, -0.05) is 431 Å². The number of aromatic nitrogens is 6. The second-order valence-corrected chi connectivity index (χ2v) is 34.1. The van der Waals surface area contributed by atoms with E-state index in [2.05, 4.69) is 400 Å². The van der Waals surface area contributed by atoms with Crippen molar-refractivity contribution in [3.8, 4) is 157 Å². The number of nitrogens with zero attached hydrogens (tertiary/aromatic N) is 6. The lowest BCUT2D eigenvalue weighted by Gasteiger charge is -2.13. The maximum atomic E-state index is 7.26. The van der Waals surface area contributed by atoms with Gasteiger partial charge in [-0.15, -0.1) is 0 Å². The van der Waals surface area contributed by atoms with Crippen molar-refractivity contribution in [2.75, 3.05) is 0 Å². The smallest absolute Gasteiger partial charge is 0.162 e. The van der Waals surface area contributed by atoms with Gasteiger partial charge in [-0.25, -0.2) is 29.9 Å². The van der Waals surface area contributed by atoms with Crippen LogP contribution in [0.1, 0.15) is 0 Å². The molecule has 8 heteroatoms. The number of rotatable bonds is 14. The van der Waals surface area contributed by atoms with E-state index in [0.717, 1.165) is 190 Å². The lowest BCUT2D eigenvalue weighted by atomic mass is 9.90. The first kappa shape index (κ1) is 78.3. The van der Waals surface area contributed by atoms with E-state index in [0.29, 0.717) is 11.6 Å². The average molecular weight is 1710 g/mol. The summed E-state index contributed by atoms with van der Waals surface area (Å²) < 4.78 is 14.5. The van der Waals surface area contributed by atoms with Gasteiger partial charge in [0.15, 0.2) is 22.8 Å². The molecule has 0 aliphatic rings. The molecule has 6 aromatic heterocycles. The van der Waals surface area contributed by atoms with Crippen molar-refractivity contribution in [2.24, 2.45) is 0 Å². The SMILES string of the molecule is c1ccc(-c2cc(-c3ccc(-c4ccc(-c5oc6c(-c7ccccc7)nc7ccccc7c6c5-c5ccc6c7ccccc7c7ccccc7c6c5)cc4)cc3)nc(-c3ccccc3)n2)cc1.c1ccc(-c2cccc(-c3cc(-c4ccc(-c5oc6c(-c7ccccc7)nc7ccccc7c6c5-c5ccc6c7ccccc7c7ccccc7c6c5)cc4)nc(-c4ccccc4)n3)c2)cc1. The summed E-state index contributed by atoms with van der Waals surface area (Å²) in [6, 6.07) is 166. The highest BCUT2D eigenvalue weighted by atomic mass is 16.3. The monoisotopic (exact) mass is 1710 g/mol. The third-order valence-electron chi connectivity index (χ3n) is 26.2. The van der Waals surface area contributed by atoms with Gasteiger partial charge in [0, 0.05) is 88.3 Å². The van der Waals surface area contributed by atoms with Gasteiger partial charge < -0.3 is 8.83 Å². The molecule has 0 unspecified atom stereocenters. The van der Waals surface area contributed by atoms with Crippen molar-refractivity contribution in [3.05, 3.63) is 473 Å². The van der Waals surface area contributed by atoms with Crippen LogP contribution in [-0.4, -0.2) is 29.9 Å². The molecule has 6 heterocycles. The topological polar surface area (TPSA) is 104 Å². The standard InChI is InChI=1S/2C63H39N3O/c1-4-17-40(18-5-1)45-23-16-24-46(37-45)57-39-56(65-63(66-57)44-21-8-3-9-22-44)41-31-33-43(34-32-41)61-58(59-53-29-14-15-30-55(53)64-60(62(59)67-61)42-19-6-2-7-20-42)47-35-36-52-50-27-11-10-25-48(50)49-26-12-13-28-51(49)54(52)38-47;1-4-16-42(17-5-1)56-39-57(66-63(65-56)46-20-8-3-9-21-46)43-32-28-40(29-33-43)41-30-34-45(35-31-41)61-58(59-53-26-14-15-27-55(53)64-60(62(59)67-61)44-18-6-2-7-19-44)47-36-37-52-50-24-11-10-22-48(50)49-23-12-13-25-51(49)54(52)38-47/h2*1-39H. The van der Waals surface area contributed by atoms with Gasteiger partial charge in [-0.05, 0) is 140 Å². The molecule has 0 saturated heterocycles. The summed E-state index contributed by atoms with van der Waals surface area (Å²) in [6.45, 7) is 0. The second-order valence-electron chi connectivity index (χ2n) is 34.1. The van der Waals surface area contributed by atoms with Crippen LogP contribution in [0.3, 0.4) is 0 Å². The fourth-order valence-electron chi connectivity index (χ4n) is 19.7. The summed E-state index contributed by atoms with van der Waals surface area (Å²) in [4.78, 5) is 30.9. The molecule has 0 saturated carbocycles. The molecule has 0 aliphatic heterocycles. The molecule has 0 atom stereocenters.